The number of anilines is 2. The van der Waals surface area contributed by atoms with Crippen molar-refractivity contribution in [1.82, 2.24) is 14.7 Å². The number of nitrogens with one attached hydrogen (secondary N) is 2. The Morgan fingerprint density at radius 1 is 1.29 bits per heavy atom. The van der Waals surface area contributed by atoms with Gasteiger partial charge >= 0.3 is 5.97 Å². The van der Waals surface area contributed by atoms with Gasteiger partial charge in [0.25, 0.3) is 5.91 Å². The van der Waals surface area contributed by atoms with Crippen LogP contribution in [0.5, 0.6) is 0 Å². The molecule has 2 aromatic heterocycles. The summed E-state index contributed by atoms with van der Waals surface area (Å²) in [5, 5.41) is 11.0. The monoisotopic (exact) mass is 423 g/mol. The largest absolute Gasteiger partial charge is 0.465 e. The van der Waals surface area contributed by atoms with Gasteiger partial charge in [-0.2, -0.15) is 5.10 Å². The fourth-order valence-electron chi connectivity index (χ4n) is 2.69. The smallest absolute Gasteiger partial charge is 0.341 e. The molecule has 28 heavy (non-hydrogen) atoms. The highest BCUT2D eigenvalue weighted by Gasteiger charge is 2.27. The van der Waals surface area contributed by atoms with Crippen LogP contribution in [0.1, 0.15) is 45.1 Å². The number of carbonyl (C=O) groups is 2. The van der Waals surface area contributed by atoms with E-state index in [1.165, 1.54) is 18.4 Å². The van der Waals surface area contributed by atoms with Crippen LogP contribution in [0.25, 0.3) is 0 Å². The van der Waals surface area contributed by atoms with Gasteiger partial charge in [-0.05, 0) is 45.5 Å². The quantitative estimate of drug-likeness (QED) is 0.545. The Kier molecular flexibility index (Phi) is 7.14. The third-order valence-corrected chi connectivity index (χ3v) is 5.89. The molecule has 0 saturated carbocycles. The van der Waals surface area contributed by atoms with Gasteiger partial charge in [0.2, 0.25) is 0 Å². The molecule has 2 aromatic rings. The summed E-state index contributed by atoms with van der Waals surface area (Å²) < 4.78 is 6.64. The van der Waals surface area contributed by atoms with Gasteiger partial charge in [-0.3, -0.25) is 9.48 Å². The van der Waals surface area contributed by atoms with Crippen LogP contribution in [0, 0.1) is 13.8 Å². The molecule has 0 aliphatic rings. The van der Waals surface area contributed by atoms with Crippen molar-refractivity contribution in [2.24, 2.45) is 7.05 Å². The zero-order valence-corrected chi connectivity index (χ0v) is 18.5. The van der Waals surface area contributed by atoms with Gasteiger partial charge in [0.1, 0.15) is 5.00 Å². The van der Waals surface area contributed by atoms with E-state index in [2.05, 4.69) is 15.7 Å². The fraction of sp³-hybridized carbons (Fsp3) is 0.444. The highest BCUT2D eigenvalue weighted by Crippen LogP contribution is 2.34. The molecule has 0 bridgehead atoms. The van der Waals surface area contributed by atoms with Crippen LogP contribution >= 0.6 is 23.6 Å². The van der Waals surface area contributed by atoms with Crippen LogP contribution in [0.4, 0.5) is 10.7 Å². The molecule has 0 aliphatic carbocycles. The van der Waals surface area contributed by atoms with E-state index in [9.17, 15) is 9.59 Å². The van der Waals surface area contributed by atoms with Crippen LogP contribution in [0.15, 0.2) is 6.20 Å². The Balaban J connectivity index is 2.35. The number of methoxy groups -OCH3 is 1. The maximum atomic E-state index is 12.8. The second-order valence-electron chi connectivity index (χ2n) is 6.08. The van der Waals surface area contributed by atoms with Gasteiger partial charge in [0.15, 0.2) is 5.11 Å². The molecule has 0 radical (unpaired) electrons. The van der Waals surface area contributed by atoms with Gasteiger partial charge < -0.3 is 20.3 Å². The van der Waals surface area contributed by atoms with E-state index in [1.54, 1.807) is 22.7 Å². The second-order valence-corrected chi connectivity index (χ2v) is 7.50. The van der Waals surface area contributed by atoms with Gasteiger partial charge in [0, 0.05) is 20.1 Å². The van der Waals surface area contributed by atoms with E-state index in [1.807, 2.05) is 27.8 Å². The summed E-state index contributed by atoms with van der Waals surface area (Å²) in [6, 6.07) is 0. The molecule has 0 atom stereocenters. The number of thiophene rings is 1. The topological polar surface area (TPSA) is 88.5 Å². The molecular weight excluding hydrogens is 398 g/mol. The average molecular weight is 424 g/mol. The average Bonchev–Trinajstić information content (AvgIpc) is 3.15. The van der Waals surface area contributed by atoms with E-state index in [0.717, 1.165) is 11.4 Å². The minimum Gasteiger partial charge on any atom is -0.465 e. The van der Waals surface area contributed by atoms with Crippen molar-refractivity contribution in [3.05, 3.63) is 27.9 Å². The Bertz CT molecular complexity index is 899. The number of hydrogen-bond donors (Lipinski definition) is 2. The predicted molar refractivity (Wildman–Crippen MR) is 115 cm³/mol. The highest BCUT2D eigenvalue weighted by atomic mass is 32.1. The first kappa shape index (κ1) is 21.8. The molecular formula is C18H25N5O3S2. The SMILES string of the molecule is CCN(CC)C(=O)c1sc(NC(=S)Nc2cnn(C)c2C)c(C(=O)OC)c1C. The molecule has 0 saturated heterocycles. The van der Waals surface area contributed by atoms with Crippen molar-refractivity contribution < 1.29 is 14.3 Å². The molecule has 1 amide bonds. The number of amides is 1. The van der Waals surface area contributed by atoms with Crippen molar-refractivity contribution in [2.45, 2.75) is 27.7 Å². The molecule has 152 valence electrons. The van der Waals surface area contributed by atoms with Crippen LogP contribution in [0.3, 0.4) is 0 Å². The summed E-state index contributed by atoms with van der Waals surface area (Å²) in [6.45, 7) is 8.66. The zero-order chi connectivity index (χ0) is 21.0. The molecule has 8 nitrogen and oxygen atoms in total. The Morgan fingerprint density at radius 3 is 2.43 bits per heavy atom. The van der Waals surface area contributed by atoms with Crippen LogP contribution < -0.4 is 10.6 Å². The van der Waals surface area contributed by atoms with Crippen molar-refractivity contribution in [2.75, 3.05) is 30.8 Å². The normalized spacial score (nSPS) is 10.5. The summed E-state index contributed by atoms with van der Waals surface area (Å²) in [5.74, 6) is -0.636. The molecule has 2 rings (SSSR count). The van der Waals surface area contributed by atoms with Gasteiger partial charge in [0.05, 0.1) is 35.1 Å². The van der Waals surface area contributed by atoms with Crippen LogP contribution in [-0.4, -0.2) is 51.9 Å². The Hall–Kier alpha value is -2.46. The molecule has 0 aliphatic heterocycles. The first-order chi connectivity index (χ1) is 13.2. The molecule has 0 spiro atoms. The van der Waals surface area contributed by atoms with Crippen molar-refractivity contribution in [3.63, 3.8) is 0 Å². The first-order valence-electron chi connectivity index (χ1n) is 8.82. The van der Waals surface area contributed by atoms with Crippen molar-refractivity contribution in [1.29, 1.82) is 0 Å². The van der Waals surface area contributed by atoms with E-state index < -0.39 is 5.97 Å². The number of rotatable bonds is 6. The molecule has 2 N–H and O–H groups in total. The van der Waals surface area contributed by atoms with Gasteiger partial charge in [-0.15, -0.1) is 11.3 Å². The number of carbonyl (C=O) groups excluding carboxylic acids is 2. The first-order valence-corrected chi connectivity index (χ1v) is 10.0. The number of esters is 1. The van der Waals surface area contributed by atoms with Crippen molar-refractivity contribution in [3.8, 4) is 0 Å². The lowest BCUT2D eigenvalue weighted by Crippen LogP contribution is -2.30. The fourth-order valence-corrected chi connectivity index (χ4v) is 4.13. The number of ether oxygens (including phenoxy) is 1. The predicted octanol–water partition coefficient (Wildman–Crippen LogP) is 3.18. The minimum absolute atomic E-state index is 0.118. The van der Waals surface area contributed by atoms with E-state index in [-0.39, 0.29) is 5.91 Å². The third-order valence-electron chi connectivity index (χ3n) is 4.49. The second kappa shape index (κ2) is 9.16. The van der Waals surface area contributed by atoms with Gasteiger partial charge in [-0.1, -0.05) is 0 Å². The lowest BCUT2D eigenvalue weighted by atomic mass is 10.1. The summed E-state index contributed by atoms with van der Waals surface area (Å²) in [6.07, 6.45) is 1.67. The summed E-state index contributed by atoms with van der Waals surface area (Å²) in [7, 11) is 3.14. The van der Waals surface area contributed by atoms with E-state index in [4.69, 9.17) is 17.0 Å². The summed E-state index contributed by atoms with van der Waals surface area (Å²) >= 11 is 6.58. The third kappa shape index (κ3) is 4.33. The number of thiocarbonyl (C=S) groups is 1. The van der Waals surface area contributed by atoms with Crippen molar-refractivity contribution >= 4 is 51.2 Å². The summed E-state index contributed by atoms with van der Waals surface area (Å²) in [4.78, 5) is 27.4. The van der Waals surface area contributed by atoms with Crippen LogP contribution in [-0.2, 0) is 11.8 Å². The van der Waals surface area contributed by atoms with E-state index >= 15 is 0 Å². The lowest BCUT2D eigenvalue weighted by Gasteiger charge is -2.17. The molecule has 0 fully saturated rings. The molecule has 10 heteroatoms. The number of nitrogens with zero attached hydrogens (tertiary/aromatic N) is 3. The summed E-state index contributed by atoms with van der Waals surface area (Å²) in [5.41, 5.74) is 2.57. The van der Waals surface area contributed by atoms with Crippen LogP contribution in [0.2, 0.25) is 0 Å². The standard InChI is InChI=1S/C18H25N5O3S2/c1-7-23(8-2)16(24)14-10(3)13(17(25)26-6)15(28-14)21-18(27)20-12-9-19-22(5)11(12)4/h9H,7-8H2,1-6H3,(H2,20,21,27). The lowest BCUT2D eigenvalue weighted by molar-refractivity contribution is 0.0601. The molecule has 0 aromatic carbocycles. The maximum Gasteiger partial charge on any atom is 0.341 e. The minimum atomic E-state index is -0.518. The maximum absolute atomic E-state index is 12.8. The Morgan fingerprint density at radius 2 is 1.93 bits per heavy atom. The van der Waals surface area contributed by atoms with Gasteiger partial charge in [-0.25, -0.2) is 4.79 Å². The number of hydrogen-bond acceptors (Lipinski definition) is 6. The zero-order valence-electron chi connectivity index (χ0n) is 16.9. The van der Waals surface area contributed by atoms with E-state index in [0.29, 0.717) is 39.2 Å². The highest BCUT2D eigenvalue weighted by molar-refractivity contribution is 7.80. The molecule has 0 unspecified atom stereocenters. The Labute approximate surface area is 173 Å². The number of aryl methyl sites for hydroxylation is 1. The molecule has 2 heterocycles. The number of aromatic nitrogens is 2.